The van der Waals surface area contributed by atoms with Gasteiger partial charge in [0.1, 0.15) is 0 Å². The second kappa shape index (κ2) is 5.78. The molecule has 1 aromatic carbocycles. The van der Waals surface area contributed by atoms with Crippen molar-refractivity contribution in [3.8, 4) is 11.5 Å². The fraction of sp³-hybridized carbons (Fsp3) is 0.400. The zero-order valence-corrected chi connectivity index (χ0v) is 11.2. The second-order valence-corrected chi connectivity index (χ2v) is 4.80. The first kappa shape index (κ1) is 13.5. The van der Waals surface area contributed by atoms with Gasteiger partial charge in [-0.1, -0.05) is 19.9 Å². The summed E-state index contributed by atoms with van der Waals surface area (Å²) < 4.78 is 11.2. The van der Waals surface area contributed by atoms with Crippen LogP contribution in [0.2, 0.25) is 0 Å². The van der Waals surface area contributed by atoms with Crippen molar-refractivity contribution in [1.29, 1.82) is 0 Å². The van der Waals surface area contributed by atoms with Crippen molar-refractivity contribution >= 4 is 11.5 Å². The van der Waals surface area contributed by atoms with Gasteiger partial charge in [-0.15, -0.1) is 0 Å². The SMILES string of the molecule is CC(C)/C(=C\C(=O)O)c1ccc2c(c1)OCCCO2. The maximum atomic E-state index is 10.9. The molecule has 102 valence electrons. The summed E-state index contributed by atoms with van der Waals surface area (Å²) >= 11 is 0. The molecule has 19 heavy (non-hydrogen) atoms. The van der Waals surface area contributed by atoms with Crippen LogP contribution in [0.25, 0.3) is 5.57 Å². The molecule has 1 heterocycles. The van der Waals surface area contributed by atoms with Gasteiger partial charge in [-0.2, -0.15) is 0 Å². The molecule has 0 aromatic heterocycles. The largest absolute Gasteiger partial charge is 0.490 e. The first-order chi connectivity index (χ1) is 9.08. The Morgan fingerprint density at radius 2 is 1.95 bits per heavy atom. The van der Waals surface area contributed by atoms with Crippen molar-refractivity contribution in [2.24, 2.45) is 5.92 Å². The Hall–Kier alpha value is -1.97. The molecule has 1 aromatic rings. The van der Waals surface area contributed by atoms with E-state index in [0.29, 0.717) is 19.0 Å². The summed E-state index contributed by atoms with van der Waals surface area (Å²) in [5.74, 6) is 0.600. The number of fused-ring (bicyclic) bond motifs is 1. The number of ether oxygens (including phenoxy) is 2. The Labute approximate surface area is 112 Å². The third-order valence-electron chi connectivity index (χ3n) is 2.98. The van der Waals surface area contributed by atoms with Gasteiger partial charge in [-0.25, -0.2) is 4.79 Å². The molecule has 2 rings (SSSR count). The van der Waals surface area contributed by atoms with E-state index in [-0.39, 0.29) is 5.92 Å². The van der Waals surface area contributed by atoms with Gasteiger partial charge in [-0.05, 0) is 29.2 Å². The van der Waals surface area contributed by atoms with Crippen LogP contribution in [-0.2, 0) is 4.79 Å². The van der Waals surface area contributed by atoms with E-state index in [0.717, 1.165) is 23.3 Å². The van der Waals surface area contributed by atoms with Crippen molar-refractivity contribution in [3.05, 3.63) is 29.8 Å². The number of carbonyl (C=O) groups is 1. The molecule has 0 unspecified atom stereocenters. The van der Waals surface area contributed by atoms with E-state index in [9.17, 15) is 4.79 Å². The number of aliphatic carboxylic acids is 1. The Bertz CT molecular complexity index is 503. The van der Waals surface area contributed by atoms with Gasteiger partial charge in [0.2, 0.25) is 0 Å². The highest BCUT2D eigenvalue weighted by Gasteiger charge is 2.14. The lowest BCUT2D eigenvalue weighted by molar-refractivity contribution is -0.131. The Balaban J connectivity index is 2.39. The molecular formula is C15H18O4. The van der Waals surface area contributed by atoms with Crippen LogP contribution >= 0.6 is 0 Å². The number of allylic oxidation sites excluding steroid dienone is 1. The van der Waals surface area contributed by atoms with E-state index in [2.05, 4.69) is 0 Å². The van der Waals surface area contributed by atoms with Gasteiger partial charge < -0.3 is 14.6 Å². The minimum Gasteiger partial charge on any atom is -0.490 e. The van der Waals surface area contributed by atoms with E-state index in [1.165, 1.54) is 6.08 Å². The number of rotatable bonds is 3. The summed E-state index contributed by atoms with van der Waals surface area (Å²) in [6, 6.07) is 5.58. The molecule has 1 aliphatic heterocycles. The quantitative estimate of drug-likeness (QED) is 0.851. The first-order valence-electron chi connectivity index (χ1n) is 6.42. The molecule has 1 aliphatic rings. The first-order valence-corrected chi connectivity index (χ1v) is 6.42. The number of carboxylic acid groups (broad SMARTS) is 1. The fourth-order valence-electron chi connectivity index (χ4n) is 2.06. The van der Waals surface area contributed by atoms with Crippen molar-refractivity contribution in [1.82, 2.24) is 0 Å². The Kier molecular flexibility index (Phi) is 4.10. The molecule has 4 nitrogen and oxygen atoms in total. The molecular weight excluding hydrogens is 244 g/mol. The molecule has 0 bridgehead atoms. The normalized spacial score (nSPS) is 15.2. The number of hydrogen-bond donors (Lipinski definition) is 1. The van der Waals surface area contributed by atoms with Crippen molar-refractivity contribution < 1.29 is 19.4 Å². The summed E-state index contributed by atoms with van der Waals surface area (Å²) in [5.41, 5.74) is 1.64. The summed E-state index contributed by atoms with van der Waals surface area (Å²) in [6.45, 7) is 5.21. The maximum absolute atomic E-state index is 10.9. The van der Waals surface area contributed by atoms with E-state index in [1.807, 2.05) is 32.0 Å². The van der Waals surface area contributed by atoms with E-state index in [4.69, 9.17) is 14.6 Å². The maximum Gasteiger partial charge on any atom is 0.328 e. The van der Waals surface area contributed by atoms with Crippen molar-refractivity contribution in [3.63, 3.8) is 0 Å². The van der Waals surface area contributed by atoms with Crippen LogP contribution in [0.3, 0.4) is 0 Å². The zero-order chi connectivity index (χ0) is 13.8. The standard InChI is InChI=1S/C15H18O4/c1-10(2)12(9-15(16)17)11-4-5-13-14(8-11)19-7-3-6-18-13/h4-5,8-10H,3,6-7H2,1-2H3,(H,16,17)/b12-9+. The van der Waals surface area contributed by atoms with Gasteiger partial charge in [0.15, 0.2) is 11.5 Å². The van der Waals surface area contributed by atoms with E-state index >= 15 is 0 Å². The predicted octanol–water partition coefficient (Wildman–Crippen LogP) is 2.97. The van der Waals surface area contributed by atoms with Crippen LogP contribution in [0.4, 0.5) is 0 Å². The molecule has 0 fully saturated rings. The van der Waals surface area contributed by atoms with Crippen LogP contribution in [0.15, 0.2) is 24.3 Å². The summed E-state index contributed by atoms with van der Waals surface area (Å²) in [6.07, 6.45) is 2.11. The zero-order valence-electron chi connectivity index (χ0n) is 11.2. The molecule has 1 N–H and O–H groups in total. The van der Waals surface area contributed by atoms with Crippen LogP contribution in [-0.4, -0.2) is 24.3 Å². The lowest BCUT2D eigenvalue weighted by Crippen LogP contribution is -2.00. The summed E-state index contributed by atoms with van der Waals surface area (Å²) in [7, 11) is 0. The minimum absolute atomic E-state index is 0.126. The number of carboxylic acids is 1. The second-order valence-electron chi connectivity index (χ2n) is 4.80. The third kappa shape index (κ3) is 3.28. The van der Waals surface area contributed by atoms with Crippen molar-refractivity contribution in [2.45, 2.75) is 20.3 Å². The van der Waals surface area contributed by atoms with Gasteiger partial charge in [0.25, 0.3) is 0 Å². The Morgan fingerprint density at radius 3 is 2.58 bits per heavy atom. The van der Waals surface area contributed by atoms with Gasteiger partial charge >= 0.3 is 5.97 Å². The smallest absolute Gasteiger partial charge is 0.328 e. The molecule has 0 amide bonds. The molecule has 0 saturated heterocycles. The predicted molar refractivity (Wildman–Crippen MR) is 72.5 cm³/mol. The molecule has 0 aliphatic carbocycles. The van der Waals surface area contributed by atoms with Crippen LogP contribution in [0, 0.1) is 5.92 Å². The molecule has 4 heteroatoms. The van der Waals surface area contributed by atoms with Crippen LogP contribution < -0.4 is 9.47 Å². The number of benzene rings is 1. The minimum atomic E-state index is -0.934. The topological polar surface area (TPSA) is 55.8 Å². The van der Waals surface area contributed by atoms with Gasteiger partial charge in [0, 0.05) is 12.5 Å². The monoisotopic (exact) mass is 262 g/mol. The highest BCUT2D eigenvalue weighted by Crippen LogP contribution is 2.34. The van der Waals surface area contributed by atoms with E-state index in [1.54, 1.807) is 0 Å². The Morgan fingerprint density at radius 1 is 1.26 bits per heavy atom. The lowest BCUT2D eigenvalue weighted by Gasteiger charge is -2.14. The molecule has 0 atom stereocenters. The summed E-state index contributed by atoms with van der Waals surface area (Å²) in [5, 5.41) is 8.95. The van der Waals surface area contributed by atoms with Crippen LogP contribution in [0.1, 0.15) is 25.8 Å². The van der Waals surface area contributed by atoms with Gasteiger partial charge in [-0.3, -0.25) is 0 Å². The van der Waals surface area contributed by atoms with E-state index < -0.39 is 5.97 Å². The third-order valence-corrected chi connectivity index (χ3v) is 2.98. The lowest BCUT2D eigenvalue weighted by atomic mass is 9.94. The highest BCUT2D eigenvalue weighted by molar-refractivity contribution is 5.90. The summed E-state index contributed by atoms with van der Waals surface area (Å²) in [4.78, 5) is 10.9. The molecule has 0 saturated carbocycles. The van der Waals surface area contributed by atoms with Gasteiger partial charge in [0.05, 0.1) is 13.2 Å². The number of hydrogen-bond acceptors (Lipinski definition) is 3. The van der Waals surface area contributed by atoms with Crippen molar-refractivity contribution in [2.75, 3.05) is 13.2 Å². The fourth-order valence-corrected chi connectivity index (χ4v) is 2.06. The molecule has 0 spiro atoms. The average molecular weight is 262 g/mol. The average Bonchev–Trinajstić information content (AvgIpc) is 2.59. The van der Waals surface area contributed by atoms with Crippen LogP contribution in [0.5, 0.6) is 11.5 Å². The molecule has 0 radical (unpaired) electrons. The highest BCUT2D eigenvalue weighted by atomic mass is 16.5.